The van der Waals surface area contributed by atoms with Crippen LogP contribution in [0.5, 0.6) is 0 Å². The van der Waals surface area contributed by atoms with Gasteiger partial charge in [0.05, 0.1) is 19.1 Å². The van der Waals surface area contributed by atoms with Crippen LogP contribution in [0.25, 0.3) is 0 Å². The third kappa shape index (κ3) is 4.27. The third-order valence-corrected chi connectivity index (χ3v) is 4.82. The summed E-state index contributed by atoms with van der Waals surface area (Å²) in [5, 5.41) is 7.52. The minimum absolute atomic E-state index is 0.397. The van der Waals surface area contributed by atoms with Crippen molar-refractivity contribution in [3.05, 3.63) is 11.7 Å². The van der Waals surface area contributed by atoms with Gasteiger partial charge in [0.2, 0.25) is 5.89 Å². The molecule has 2 fully saturated rings. The molecule has 1 aliphatic carbocycles. The quantitative estimate of drug-likeness (QED) is 0.904. The number of ether oxygens (including phenoxy) is 1. The van der Waals surface area contributed by atoms with Crippen LogP contribution < -0.4 is 5.32 Å². The Kier molecular flexibility index (Phi) is 5.25. The van der Waals surface area contributed by atoms with Gasteiger partial charge in [0.1, 0.15) is 0 Å². The molecule has 2 heterocycles. The Hall–Kier alpha value is -0.940. The predicted octanol–water partition coefficient (Wildman–Crippen LogP) is 2.67. The van der Waals surface area contributed by atoms with Crippen molar-refractivity contribution in [1.82, 2.24) is 15.5 Å². The molecule has 118 valence electrons. The van der Waals surface area contributed by atoms with E-state index in [0.29, 0.717) is 18.6 Å². The average molecular weight is 293 g/mol. The second kappa shape index (κ2) is 7.36. The number of nitrogens with zero attached hydrogens (tertiary/aromatic N) is 2. The van der Waals surface area contributed by atoms with Crippen molar-refractivity contribution >= 4 is 0 Å². The number of rotatable bonds is 5. The summed E-state index contributed by atoms with van der Waals surface area (Å²) in [6.07, 6.45) is 8.32. The van der Waals surface area contributed by atoms with Gasteiger partial charge in [-0.25, -0.2) is 0 Å². The molecule has 1 saturated carbocycles. The Bertz CT molecular complexity index is 421. The lowest BCUT2D eigenvalue weighted by Gasteiger charge is -2.23. The van der Waals surface area contributed by atoms with Crippen molar-refractivity contribution in [2.75, 3.05) is 19.7 Å². The van der Waals surface area contributed by atoms with Crippen LogP contribution in [0.2, 0.25) is 0 Å². The molecule has 0 unspecified atom stereocenters. The van der Waals surface area contributed by atoms with Crippen LogP contribution >= 0.6 is 0 Å². The molecule has 1 aromatic heterocycles. The van der Waals surface area contributed by atoms with Crippen LogP contribution in [0.1, 0.15) is 63.1 Å². The molecule has 0 bridgehead atoms. The zero-order valence-electron chi connectivity index (χ0n) is 13.0. The molecule has 0 atom stereocenters. The molecule has 21 heavy (non-hydrogen) atoms. The van der Waals surface area contributed by atoms with Crippen LogP contribution in [0.15, 0.2) is 4.52 Å². The maximum absolute atomic E-state index is 5.89. The molecule has 1 N–H and O–H groups in total. The average Bonchev–Trinajstić information content (AvgIpc) is 2.98. The lowest BCUT2D eigenvalue weighted by molar-refractivity contribution is 0.0322. The first-order valence-corrected chi connectivity index (χ1v) is 8.46. The van der Waals surface area contributed by atoms with Crippen molar-refractivity contribution in [3.8, 4) is 0 Å². The Morgan fingerprint density at radius 3 is 2.67 bits per heavy atom. The van der Waals surface area contributed by atoms with Gasteiger partial charge in [0, 0.05) is 5.92 Å². The van der Waals surface area contributed by atoms with Gasteiger partial charge in [-0.3, -0.25) is 0 Å². The number of piperidine rings is 1. The van der Waals surface area contributed by atoms with Gasteiger partial charge >= 0.3 is 0 Å². The highest BCUT2D eigenvalue weighted by Crippen LogP contribution is 2.34. The topological polar surface area (TPSA) is 60.2 Å². The molecule has 3 rings (SSSR count). The fraction of sp³-hybridized carbons (Fsp3) is 0.875. The molecule has 5 heteroatoms. The molecular weight excluding hydrogens is 266 g/mol. The second-order valence-electron chi connectivity index (χ2n) is 6.57. The smallest absolute Gasteiger partial charge is 0.228 e. The lowest BCUT2D eigenvalue weighted by Crippen LogP contribution is -2.32. The fourth-order valence-corrected chi connectivity index (χ4v) is 3.33. The van der Waals surface area contributed by atoms with Crippen LogP contribution in [0, 0.1) is 5.92 Å². The van der Waals surface area contributed by atoms with E-state index in [-0.39, 0.29) is 0 Å². The minimum atomic E-state index is 0.397. The summed E-state index contributed by atoms with van der Waals surface area (Å²) >= 11 is 0. The van der Waals surface area contributed by atoms with Crippen LogP contribution in [-0.2, 0) is 11.2 Å². The Morgan fingerprint density at radius 1 is 1.14 bits per heavy atom. The van der Waals surface area contributed by atoms with Gasteiger partial charge in [0.25, 0.3) is 0 Å². The zero-order valence-corrected chi connectivity index (χ0v) is 13.0. The Morgan fingerprint density at radius 2 is 1.90 bits per heavy atom. The van der Waals surface area contributed by atoms with Crippen LogP contribution in [0.4, 0.5) is 0 Å². The number of hydrogen-bond donors (Lipinski definition) is 1. The zero-order chi connectivity index (χ0) is 14.5. The fourth-order valence-electron chi connectivity index (χ4n) is 3.33. The molecule has 0 aromatic carbocycles. The minimum Gasteiger partial charge on any atom is -0.378 e. The maximum atomic E-state index is 5.89. The van der Waals surface area contributed by atoms with E-state index in [9.17, 15) is 0 Å². The van der Waals surface area contributed by atoms with E-state index in [1.165, 1.54) is 25.7 Å². The molecule has 0 radical (unpaired) electrons. The second-order valence-corrected chi connectivity index (χ2v) is 6.57. The van der Waals surface area contributed by atoms with Crippen molar-refractivity contribution in [2.45, 2.75) is 63.9 Å². The van der Waals surface area contributed by atoms with Crippen molar-refractivity contribution in [1.29, 1.82) is 0 Å². The molecule has 0 amide bonds. The highest BCUT2D eigenvalue weighted by molar-refractivity contribution is 4.97. The van der Waals surface area contributed by atoms with Crippen molar-refractivity contribution in [2.24, 2.45) is 5.92 Å². The third-order valence-electron chi connectivity index (χ3n) is 4.82. The van der Waals surface area contributed by atoms with E-state index >= 15 is 0 Å². The van der Waals surface area contributed by atoms with Crippen molar-refractivity contribution < 1.29 is 9.26 Å². The first-order valence-electron chi connectivity index (χ1n) is 8.46. The normalized spacial score (nSPS) is 27.9. The Labute approximate surface area is 126 Å². The first kappa shape index (κ1) is 15.0. The summed E-state index contributed by atoms with van der Waals surface area (Å²) in [5.41, 5.74) is 0. The van der Waals surface area contributed by atoms with Gasteiger partial charge in [-0.15, -0.1) is 0 Å². The summed E-state index contributed by atoms with van der Waals surface area (Å²) in [6, 6.07) is 0. The molecule has 1 saturated heterocycles. The molecule has 1 aliphatic heterocycles. The molecule has 2 aliphatic rings. The van der Waals surface area contributed by atoms with Crippen molar-refractivity contribution in [3.63, 3.8) is 0 Å². The predicted molar refractivity (Wildman–Crippen MR) is 80.2 cm³/mol. The van der Waals surface area contributed by atoms with Gasteiger partial charge < -0.3 is 14.6 Å². The van der Waals surface area contributed by atoms with E-state index < -0.39 is 0 Å². The highest BCUT2D eigenvalue weighted by atomic mass is 16.5. The SMILES string of the molecule is CC1CCC(c2noc(CCOC3CCNCC3)n2)CC1. The van der Waals surface area contributed by atoms with Crippen LogP contribution in [-0.4, -0.2) is 35.9 Å². The first-order chi connectivity index (χ1) is 10.3. The lowest BCUT2D eigenvalue weighted by atomic mass is 9.83. The highest BCUT2D eigenvalue weighted by Gasteiger charge is 2.24. The number of aromatic nitrogens is 2. The molecule has 1 aromatic rings. The van der Waals surface area contributed by atoms with Gasteiger partial charge in [-0.1, -0.05) is 24.9 Å². The van der Waals surface area contributed by atoms with Gasteiger partial charge in [-0.05, 0) is 44.7 Å². The summed E-state index contributed by atoms with van der Waals surface area (Å²) in [4.78, 5) is 4.57. The Balaban J connectivity index is 1.42. The summed E-state index contributed by atoms with van der Waals surface area (Å²) in [6.45, 7) is 5.15. The van der Waals surface area contributed by atoms with E-state index in [1.54, 1.807) is 0 Å². The number of nitrogens with one attached hydrogen (secondary N) is 1. The molecule has 0 spiro atoms. The summed E-state index contributed by atoms with van der Waals surface area (Å²) < 4.78 is 11.3. The van der Waals surface area contributed by atoms with E-state index in [2.05, 4.69) is 22.4 Å². The van der Waals surface area contributed by atoms with Crippen LogP contribution in [0.3, 0.4) is 0 Å². The maximum Gasteiger partial charge on any atom is 0.228 e. The molecular formula is C16H27N3O2. The van der Waals surface area contributed by atoms with Gasteiger partial charge in [0.15, 0.2) is 5.82 Å². The standard InChI is InChI=1S/C16H27N3O2/c1-12-2-4-13(5-3-12)16-18-15(21-19-16)8-11-20-14-6-9-17-10-7-14/h12-14,17H,2-11H2,1H3. The van der Waals surface area contributed by atoms with E-state index in [1.807, 2.05) is 0 Å². The summed E-state index contributed by atoms with van der Waals surface area (Å²) in [7, 11) is 0. The van der Waals surface area contributed by atoms with Gasteiger partial charge in [-0.2, -0.15) is 4.98 Å². The molecule has 5 nitrogen and oxygen atoms in total. The monoisotopic (exact) mass is 293 g/mol. The summed E-state index contributed by atoms with van der Waals surface area (Å²) in [5.74, 6) is 3.01. The number of hydrogen-bond acceptors (Lipinski definition) is 5. The van der Waals surface area contributed by atoms with E-state index in [0.717, 1.165) is 50.0 Å². The largest absolute Gasteiger partial charge is 0.378 e. The van der Waals surface area contributed by atoms with E-state index in [4.69, 9.17) is 9.26 Å².